The van der Waals surface area contributed by atoms with Crippen LogP contribution in [-0.4, -0.2) is 40.8 Å². The van der Waals surface area contributed by atoms with E-state index in [1.54, 1.807) is 24.3 Å². The van der Waals surface area contributed by atoms with E-state index in [0.29, 0.717) is 29.9 Å². The Balaban J connectivity index is 1.74. The summed E-state index contributed by atoms with van der Waals surface area (Å²) >= 11 is 0. The van der Waals surface area contributed by atoms with Gasteiger partial charge in [-0.05, 0) is 46.5 Å². The van der Waals surface area contributed by atoms with Crippen molar-refractivity contribution in [1.29, 1.82) is 0 Å². The van der Waals surface area contributed by atoms with Crippen molar-refractivity contribution in [3.8, 4) is 5.75 Å². The van der Waals surface area contributed by atoms with E-state index in [0.717, 1.165) is 11.1 Å². The Kier molecular flexibility index (Phi) is 7.85. The van der Waals surface area contributed by atoms with Gasteiger partial charge in [0.2, 0.25) is 11.4 Å². The van der Waals surface area contributed by atoms with Crippen LogP contribution < -0.4 is 4.74 Å². The molecule has 184 valence electrons. The average molecular weight is 487 g/mol. The molecule has 0 aromatic heterocycles. The zero-order valence-electron chi connectivity index (χ0n) is 19.5. The number of nitrogens with zero attached hydrogens (tertiary/aromatic N) is 4. The van der Waals surface area contributed by atoms with Crippen LogP contribution in [0.5, 0.6) is 5.75 Å². The molecule has 0 saturated heterocycles. The van der Waals surface area contributed by atoms with Crippen molar-refractivity contribution in [3.63, 3.8) is 0 Å². The zero-order valence-corrected chi connectivity index (χ0v) is 19.5. The number of ether oxygens (including phenoxy) is 2. The average Bonchev–Trinajstić information content (AvgIpc) is 3.30. The molecule has 0 amide bonds. The summed E-state index contributed by atoms with van der Waals surface area (Å²) < 4.78 is 11.8. The third-order valence-electron chi connectivity index (χ3n) is 5.99. The van der Waals surface area contributed by atoms with Crippen molar-refractivity contribution in [1.82, 2.24) is 0 Å². The van der Waals surface area contributed by atoms with Gasteiger partial charge in [0.1, 0.15) is 5.75 Å². The summed E-state index contributed by atoms with van der Waals surface area (Å²) in [6.07, 6.45) is -0.303. The van der Waals surface area contributed by atoms with Gasteiger partial charge in [-0.3, -0.25) is 0 Å². The third-order valence-corrected chi connectivity index (χ3v) is 5.99. The van der Waals surface area contributed by atoms with Gasteiger partial charge in [-0.25, -0.2) is 9.79 Å². The van der Waals surface area contributed by atoms with Gasteiger partial charge in [-0.1, -0.05) is 59.7 Å². The van der Waals surface area contributed by atoms with Crippen LogP contribution in [0.25, 0.3) is 10.4 Å². The van der Waals surface area contributed by atoms with Gasteiger partial charge in [-0.15, -0.1) is 0 Å². The lowest BCUT2D eigenvalue weighted by molar-refractivity contribution is -0.146. The first kappa shape index (κ1) is 24.8. The highest BCUT2D eigenvalue weighted by Gasteiger charge is 2.53. The lowest BCUT2D eigenvalue weighted by atomic mass is 9.82. The predicted octanol–water partition coefficient (Wildman–Crippen LogP) is 4.84. The molecule has 9 nitrogen and oxygen atoms in total. The van der Waals surface area contributed by atoms with E-state index < -0.39 is 17.6 Å². The minimum atomic E-state index is -1.64. The molecule has 0 radical (unpaired) electrons. The maximum atomic E-state index is 12.9. The van der Waals surface area contributed by atoms with Crippen LogP contribution in [0, 0.1) is 0 Å². The maximum absolute atomic E-state index is 12.9. The van der Waals surface area contributed by atoms with Crippen molar-refractivity contribution in [2.24, 2.45) is 10.1 Å². The molecule has 0 saturated carbocycles. The summed E-state index contributed by atoms with van der Waals surface area (Å²) in [7, 11) is 0. The molecule has 4 rings (SSSR count). The summed E-state index contributed by atoms with van der Waals surface area (Å²) in [4.78, 5) is 20.4. The Morgan fingerprint density at radius 3 is 2.42 bits per heavy atom. The number of azide groups is 1. The molecule has 1 aliphatic heterocycles. The summed E-state index contributed by atoms with van der Waals surface area (Å²) in [5.74, 6) is -0.267. The first-order valence-electron chi connectivity index (χ1n) is 11.5. The van der Waals surface area contributed by atoms with Gasteiger partial charge in [-0.2, -0.15) is 0 Å². The third kappa shape index (κ3) is 5.33. The molecule has 0 unspecified atom stereocenters. The largest absolute Gasteiger partial charge is 0.494 e. The number of aliphatic carboxylic acids is 1. The Bertz CT molecular complexity index is 1270. The number of aliphatic hydroxyl groups is 1. The standard InChI is InChI=1S/C27H26N4O5/c28-31-29-18-22-10-5-4-9-21(22)17-27(26(33)34)24(19-7-2-1-3-8-19)36-25(30-27)20-11-13-23(14-12-20)35-16-6-15-32/h1-5,7-14,24,32H,6,15-18H2,(H,33,34)/t24-,27-/m0/s1. The summed E-state index contributed by atoms with van der Waals surface area (Å²) in [5.41, 5.74) is 9.90. The van der Waals surface area contributed by atoms with E-state index in [1.807, 2.05) is 54.6 Å². The minimum absolute atomic E-state index is 0.0465. The second-order valence-corrected chi connectivity index (χ2v) is 8.34. The predicted molar refractivity (Wildman–Crippen MR) is 134 cm³/mol. The van der Waals surface area contributed by atoms with E-state index in [4.69, 9.17) is 20.1 Å². The monoisotopic (exact) mass is 486 g/mol. The first-order chi connectivity index (χ1) is 17.6. The van der Waals surface area contributed by atoms with Crippen LogP contribution >= 0.6 is 0 Å². The summed E-state index contributed by atoms with van der Waals surface area (Å²) in [6.45, 7) is 0.543. The van der Waals surface area contributed by atoms with Crippen molar-refractivity contribution in [2.45, 2.75) is 31.0 Å². The summed E-state index contributed by atoms with van der Waals surface area (Å²) in [6, 6.07) is 23.5. The van der Waals surface area contributed by atoms with E-state index in [2.05, 4.69) is 15.0 Å². The number of carboxylic acid groups (broad SMARTS) is 1. The molecule has 0 bridgehead atoms. The molecule has 1 heterocycles. The van der Waals surface area contributed by atoms with Crippen molar-refractivity contribution in [3.05, 3.63) is 112 Å². The normalized spacial score (nSPS) is 18.6. The second kappa shape index (κ2) is 11.4. The minimum Gasteiger partial charge on any atom is -0.494 e. The topological polar surface area (TPSA) is 137 Å². The number of benzene rings is 3. The van der Waals surface area contributed by atoms with Gasteiger partial charge in [0.05, 0.1) is 13.2 Å². The fraction of sp³-hybridized carbons (Fsp3) is 0.259. The number of aliphatic hydroxyl groups excluding tert-OH is 1. The van der Waals surface area contributed by atoms with Gasteiger partial charge in [0, 0.05) is 29.9 Å². The van der Waals surface area contributed by atoms with Crippen LogP contribution in [0.3, 0.4) is 0 Å². The van der Waals surface area contributed by atoms with Crippen molar-refractivity contribution >= 4 is 11.9 Å². The molecular formula is C27H26N4O5. The van der Waals surface area contributed by atoms with Gasteiger partial charge >= 0.3 is 5.97 Å². The molecule has 9 heteroatoms. The fourth-order valence-corrected chi connectivity index (χ4v) is 4.18. The molecule has 1 aliphatic rings. The van der Waals surface area contributed by atoms with Crippen LogP contribution in [0.4, 0.5) is 0 Å². The first-order valence-corrected chi connectivity index (χ1v) is 11.5. The lowest BCUT2D eigenvalue weighted by Gasteiger charge is -2.28. The number of rotatable bonds is 11. The lowest BCUT2D eigenvalue weighted by Crippen LogP contribution is -2.43. The number of carboxylic acids is 1. The molecule has 0 spiro atoms. The number of aliphatic imine (C=N–C) groups is 1. The Hall–Kier alpha value is -4.33. The van der Waals surface area contributed by atoms with E-state index >= 15 is 0 Å². The van der Waals surface area contributed by atoms with E-state index in [9.17, 15) is 9.90 Å². The molecule has 2 atom stereocenters. The van der Waals surface area contributed by atoms with Crippen molar-refractivity contribution < 1.29 is 24.5 Å². The Labute approximate surface area is 208 Å². The highest BCUT2D eigenvalue weighted by atomic mass is 16.5. The SMILES string of the molecule is [N-]=[N+]=NCc1ccccc1C[C@]1(C(=O)O)N=C(c2ccc(OCCCO)cc2)O[C@H]1c1ccccc1. The number of carbonyl (C=O) groups is 1. The van der Waals surface area contributed by atoms with Crippen LogP contribution in [0.2, 0.25) is 0 Å². The van der Waals surface area contributed by atoms with Gasteiger partial charge in [0.25, 0.3) is 0 Å². The smallest absolute Gasteiger partial charge is 0.336 e. The molecule has 3 aromatic rings. The molecule has 0 fully saturated rings. The molecule has 36 heavy (non-hydrogen) atoms. The number of hydrogen-bond donors (Lipinski definition) is 2. The highest BCUT2D eigenvalue weighted by molar-refractivity contribution is 5.99. The van der Waals surface area contributed by atoms with Crippen LogP contribution in [0.15, 0.2) is 89.0 Å². The van der Waals surface area contributed by atoms with Gasteiger partial charge < -0.3 is 19.7 Å². The van der Waals surface area contributed by atoms with E-state index in [-0.39, 0.29) is 25.5 Å². The second-order valence-electron chi connectivity index (χ2n) is 8.34. The molecule has 3 aromatic carbocycles. The van der Waals surface area contributed by atoms with Crippen LogP contribution in [0.1, 0.15) is 34.8 Å². The van der Waals surface area contributed by atoms with Gasteiger partial charge in [0.15, 0.2) is 6.10 Å². The Morgan fingerprint density at radius 2 is 1.75 bits per heavy atom. The fourth-order valence-electron chi connectivity index (χ4n) is 4.18. The maximum Gasteiger partial charge on any atom is 0.336 e. The van der Waals surface area contributed by atoms with Crippen molar-refractivity contribution in [2.75, 3.05) is 13.2 Å². The molecule has 0 aliphatic carbocycles. The summed E-state index contributed by atoms with van der Waals surface area (Å²) in [5, 5.41) is 23.1. The molecule has 2 N–H and O–H groups in total. The highest BCUT2D eigenvalue weighted by Crippen LogP contribution is 2.42. The molecular weight excluding hydrogens is 460 g/mol. The zero-order chi connectivity index (χ0) is 25.4. The Morgan fingerprint density at radius 1 is 1.06 bits per heavy atom. The van der Waals surface area contributed by atoms with E-state index in [1.165, 1.54) is 0 Å². The van der Waals surface area contributed by atoms with Crippen LogP contribution in [-0.2, 0) is 22.5 Å². The number of hydrogen-bond acceptors (Lipinski definition) is 6. The quantitative estimate of drug-likeness (QED) is 0.173.